The summed E-state index contributed by atoms with van der Waals surface area (Å²) in [5.41, 5.74) is 21.2. The van der Waals surface area contributed by atoms with Crippen molar-refractivity contribution in [3.63, 3.8) is 0 Å². The van der Waals surface area contributed by atoms with Crippen LogP contribution in [0.5, 0.6) is 0 Å². The highest BCUT2D eigenvalue weighted by Gasteiger charge is 2.46. The summed E-state index contributed by atoms with van der Waals surface area (Å²) in [5, 5.41) is 9.81. The lowest BCUT2D eigenvalue weighted by molar-refractivity contribution is 0.769. The highest BCUT2D eigenvalue weighted by Crippen LogP contribution is 2.57. The van der Waals surface area contributed by atoms with Gasteiger partial charge in [-0.1, -0.05) is 243 Å². The predicted molar refractivity (Wildman–Crippen MR) is 342 cm³/mol. The molecule has 1 aromatic heterocycles. The number of hydrogen-bond acceptors (Lipinski definition) is 1. The third-order valence-corrected chi connectivity index (χ3v) is 17.2. The van der Waals surface area contributed by atoms with Gasteiger partial charge in [0, 0.05) is 33.5 Å². The molecule has 1 heterocycles. The molecule has 378 valence electrons. The maximum Gasteiger partial charge on any atom is 0.0713 e. The molecule has 0 fully saturated rings. The van der Waals surface area contributed by atoms with Crippen LogP contribution >= 0.6 is 0 Å². The van der Waals surface area contributed by atoms with Crippen LogP contribution in [0, 0.1) is 0 Å². The monoisotopic (exact) mass is 1030 g/mol. The number of benzene rings is 14. The number of hydrogen-bond donors (Lipinski definition) is 0. The fraction of sp³-hybridized carbons (Fsp3) is 0.0127. The van der Waals surface area contributed by atoms with E-state index in [0.717, 1.165) is 22.7 Å². The van der Waals surface area contributed by atoms with Gasteiger partial charge in [-0.2, -0.15) is 0 Å². The Morgan fingerprint density at radius 2 is 0.728 bits per heavy atom. The van der Waals surface area contributed by atoms with E-state index in [4.69, 9.17) is 0 Å². The Morgan fingerprint density at radius 1 is 0.259 bits per heavy atom. The standard InChI is InChI=1S/C79H52N2/c1-4-22-59(23-5-1)79(60-24-6-2-7-25-60)73-34-18-16-28-65(73)66-48-42-58(51-74(66)79)78-70-32-14-12-30-68(70)77(69-31-13-15-33-71(69)78)55-40-45-63(46-41-55)80(62-43-38-54(39-44-62)57-37-36-53-20-10-11-21-56(53)50-57)64-47-49-76-72(52-64)67-29-17-19-35-75(67)81(76)61-26-8-3-9-27-61/h1-52H. The van der Waals surface area contributed by atoms with Crippen molar-refractivity contribution >= 4 is 71.2 Å². The number of nitrogens with zero attached hydrogens (tertiary/aromatic N) is 2. The van der Waals surface area contributed by atoms with Crippen molar-refractivity contribution in [2.75, 3.05) is 4.90 Å². The molecule has 15 aromatic rings. The van der Waals surface area contributed by atoms with Crippen molar-refractivity contribution in [2.24, 2.45) is 0 Å². The van der Waals surface area contributed by atoms with Gasteiger partial charge in [0.2, 0.25) is 0 Å². The minimum Gasteiger partial charge on any atom is -0.310 e. The molecule has 0 aliphatic heterocycles. The van der Waals surface area contributed by atoms with Crippen LogP contribution in [-0.2, 0) is 5.41 Å². The number of rotatable bonds is 9. The van der Waals surface area contributed by atoms with Crippen LogP contribution in [0.3, 0.4) is 0 Å². The van der Waals surface area contributed by atoms with E-state index in [1.165, 1.54) is 121 Å². The summed E-state index contributed by atoms with van der Waals surface area (Å²) in [7, 11) is 0. The molecule has 2 heteroatoms. The van der Waals surface area contributed by atoms with E-state index in [9.17, 15) is 0 Å². The Kier molecular flexibility index (Phi) is 10.8. The van der Waals surface area contributed by atoms with Crippen molar-refractivity contribution in [1.29, 1.82) is 0 Å². The zero-order valence-electron chi connectivity index (χ0n) is 44.4. The number of anilines is 3. The molecule has 0 unspecified atom stereocenters. The van der Waals surface area contributed by atoms with E-state index in [-0.39, 0.29) is 0 Å². The first kappa shape index (κ1) is 46.5. The van der Waals surface area contributed by atoms with E-state index in [1.807, 2.05) is 0 Å². The van der Waals surface area contributed by atoms with Gasteiger partial charge in [0.15, 0.2) is 0 Å². The molecule has 2 nitrogen and oxygen atoms in total. The smallest absolute Gasteiger partial charge is 0.0713 e. The molecule has 0 amide bonds. The quantitative estimate of drug-likeness (QED) is 0.131. The van der Waals surface area contributed by atoms with Crippen LogP contribution in [0.4, 0.5) is 17.1 Å². The van der Waals surface area contributed by atoms with Gasteiger partial charge in [-0.15, -0.1) is 0 Å². The molecule has 0 bridgehead atoms. The molecule has 0 radical (unpaired) electrons. The second-order valence-electron chi connectivity index (χ2n) is 21.5. The molecule has 0 saturated heterocycles. The van der Waals surface area contributed by atoms with Crippen LogP contribution in [0.1, 0.15) is 22.3 Å². The minimum absolute atomic E-state index is 0.502. The first-order valence-corrected chi connectivity index (χ1v) is 28.1. The molecular formula is C79H52N2. The highest BCUT2D eigenvalue weighted by atomic mass is 15.1. The van der Waals surface area contributed by atoms with Crippen LogP contribution in [0.15, 0.2) is 315 Å². The maximum atomic E-state index is 2.51. The van der Waals surface area contributed by atoms with E-state index < -0.39 is 5.41 Å². The van der Waals surface area contributed by atoms with Gasteiger partial charge in [0.1, 0.15) is 0 Å². The molecule has 0 spiro atoms. The van der Waals surface area contributed by atoms with Gasteiger partial charge < -0.3 is 9.47 Å². The van der Waals surface area contributed by atoms with E-state index in [1.54, 1.807) is 0 Å². The van der Waals surface area contributed by atoms with Gasteiger partial charge in [0.05, 0.1) is 16.4 Å². The summed E-state index contributed by atoms with van der Waals surface area (Å²) in [4.78, 5) is 2.42. The van der Waals surface area contributed by atoms with Gasteiger partial charge in [0.25, 0.3) is 0 Å². The molecule has 81 heavy (non-hydrogen) atoms. The number of fused-ring (bicyclic) bond motifs is 9. The van der Waals surface area contributed by atoms with Crippen LogP contribution in [0.25, 0.3) is 104 Å². The molecule has 14 aromatic carbocycles. The third kappa shape index (κ3) is 7.34. The Labute approximate surface area is 471 Å². The number of para-hydroxylation sites is 2. The van der Waals surface area contributed by atoms with E-state index in [0.29, 0.717) is 0 Å². The molecule has 0 N–H and O–H groups in total. The van der Waals surface area contributed by atoms with Gasteiger partial charge in [-0.05, 0) is 172 Å². The van der Waals surface area contributed by atoms with E-state index >= 15 is 0 Å². The van der Waals surface area contributed by atoms with Crippen molar-refractivity contribution in [2.45, 2.75) is 5.41 Å². The Hall–Kier alpha value is -10.5. The topological polar surface area (TPSA) is 8.17 Å². The SMILES string of the molecule is c1ccc(-n2c3ccccc3c3cc(N(c4ccc(-c5ccc6ccccc6c5)cc4)c4ccc(-c5c6ccccc6c(-c6ccc7c(c6)C(c6ccccc6)(c6ccccc6)c6ccccc6-7)c6ccccc56)cc4)ccc32)cc1. The molecule has 16 rings (SSSR count). The van der Waals surface area contributed by atoms with E-state index in [2.05, 4.69) is 325 Å². The lowest BCUT2D eigenvalue weighted by atomic mass is 9.67. The zero-order valence-corrected chi connectivity index (χ0v) is 44.4. The molecule has 0 atom stereocenters. The minimum atomic E-state index is -0.502. The molecule has 0 saturated carbocycles. The zero-order chi connectivity index (χ0) is 53.4. The average Bonchev–Trinajstić information content (AvgIpc) is 4.15. The van der Waals surface area contributed by atoms with Gasteiger partial charge >= 0.3 is 0 Å². The van der Waals surface area contributed by atoms with Crippen molar-refractivity contribution in [3.05, 3.63) is 338 Å². The summed E-state index contributed by atoms with van der Waals surface area (Å²) in [5.74, 6) is 0. The fourth-order valence-corrected chi connectivity index (χ4v) is 13.7. The predicted octanol–water partition coefficient (Wildman–Crippen LogP) is 21.1. The van der Waals surface area contributed by atoms with Gasteiger partial charge in [-0.3, -0.25) is 0 Å². The molecular weight excluding hydrogens is 977 g/mol. The molecule has 1 aliphatic rings. The largest absolute Gasteiger partial charge is 0.310 e. The Morgan fingerprint density at radius 3 is 1.38 bits per heavy atom. The van der Waals surface area contributed by atoms with Crippen molar-refractivity contribution in [3.8, 4) is 50.2 Å². The number of aromatic nitrogens is 1. The summed E-state index contributed by atoms with van der Waals surface area (Å²) in [6.45, 7) is 0. The van der Waals surface area contributed by atoms with Crippen LogP contribution < -0.4 is 4.90 Å². The van der Waals surface area contributed by atoms with Crippen molar-refractivity contribution in [1.82, 2.24) is 4.57 Å². The second-order valence-corrected chi connectivity index (χ2v) is 21.5. The Bertz CT molecular complexity index is 4810. The lowest BCUT2D eigenvalue weighted by Crippen LogP contribution is -2.28. The summed E-state index contributed by atoms with van der Waals surface area (Å²) < 4.78 is 2.39. The second kappa shape index (κ2) is 18.8. The van der Waals surface area contributed by atoms with Crippen LogP contribution in [0.2, 0.25) is 0 Å². The summed E-state index contributed by atoms with van der Waals surface area (Å²) >= 11 is 0. The maximum absolute atomic E-state index is 2.51. The van der Waals surface area contributed by atoms with Crippen molar-refractivity contribution < 1.29 is 0 Å². The third-order valence-electron chi connectivity index (χ3n) is 17.2. The molecule has 1 aliphatic carbocycles. The highest BCUT2D eigenvalue weighted by molar-refractivity contribution is 6.21. The van der Waals surface area contributed by atoms with Gasteiger partial charge in [-0.25, -0.2) is 0 Å². The van der Waals surface area contributed by atoms with Crippen LogP contribution in [-0.4, -0.2) is 4.57 Å². The summed E-state index contributed by atoms with van der Waals surface area (Å²) in [6.07, 6.45) is 0. The first-order chi connectivity index (χ1) is 40.2. The normalized spacial score (nSPS) is 12.5. The Balaban J connectivity index is 0.852. The average molecular weight is 1030 g/mol. The summed E-state index contributed by atoms with van der Waals surface area (Å²) in [6, 6.07) is 117. The first-order valence-electron chi connectivity index (χ1n) is 28.1. The fourth-order valence-electron chi connectivity index (χ4n) is 13.7. The lowest BCUT2D eigenvalue weighted by Gasteiger charge is -2.34.